The Kier molecular flexibility index (Phi) is 10.8. The molecule has 1 amide bonds. The maximum atomic E-state index is 12.5. The fourth-order valence-electron chi connectivity index (χ4n) is 4.81. The quantitative estimate of drug-likeness (QED) is 0.254. The van der Waals surface area contributed by atoms with Crippen molar-refractivity contribution in [3.8, 4) is 0 Å². The van der Waals surface area contributed by atoms with Crippen molar-refractivity contribution >= 4 is 14.4 Å². The van der Waals surface area contributed by atoms with Crippen molar-refractivity contribution in [1.82, 2.24) is 4.90 Å². The summed E-state index contributed by atoms with van der Waals surface area (Å²) in [5, 5.41) is 0. The highest BCUT2D eigenvalue weighted by Crippen LogP contribution is 2.33. The van der Waals surface area contributed by atoms with Crippen LogP contribution in [-0.2, 0) is 15.6 Å². The van der Waals surface area contributed by atoms with E-state index in [2.05, 4.69) is 51.1 Å². The zero-order chi connectivity index (χ0) is 23.6. The molecule has 4 nitrogen and oxygen atoms in total. The Bertz CT molecular complexity index is 653. The fourth-order valence-corrected chi connectivity index (χ4v) is 7.76. The summed E-state index contributed by atoms with van der Waals surface area (Å²) in [6.07, 6.45) is 6.89. The summed E-state index contributed by atoms with van der Waals surface area (Å²) in [4.78, 5) is 14.4. The molecule has 1 aliphatic heterocycles. The van der Waals surface area contributed by atoms with E-state index in [0.29, 0.717) is 12.0 Å². The number of unbranched alkanes of at least 4 members (excludes halogenated alkanes) is 1. The molecule has 182 valence electrons. The highest BCUT2D eigenvalue weighted by molar-refractivity contribution is 6.73. The van der Waals surface area contributed by atoms with E-state index in [4.69, 9.17) is 9.16 Å². The molecular formula is C27H47NO3Si. The molecule has 1 aromatic carbocycles. The summed E-state index contributed by atoms with van der Waals surface area (Å²) in [7, 11) is -1.66. The van der Waals surface area contributed by atoms with Gasteiger partial charge in [-0.3, -0.25) is 0 Å². The summed E-state index contributed by atoms with van der Waals surface area (Å²) in [6, 6.07) is 14.4. The summed E-state index contributed by atoms with van der Waals surface area (Å²) in [6.45, 7) is 14.3. The SMILES string of the molecule is CC[Si](CC)(CC)OC(CCCCc1ccccc1)C1CCN(C(=O)OC(C)(C)C)CC1. The number of carbonyl (C=O) groups is 1. The predicted molar refractivity (Wildman–Crippen MR) is 137 cm³/mol. The number of piperidine rings is 1. The number of hydrogen-bond donors (Lipinski definition) is 0. The van der Waals surface area contributed by atoms with E-state index in [-0.39, 0.29) is 6.09 Å². The van der Waals surface area contributed by atoms with Gasteiger partial charge in [0.25, 0.3) is 0 Å². The molecule has 0 spiro atoms. The minimum Gasteiger partial charge on any atom is -0.444 e. The number of aryl methyl sites for hydroxylation is 1. The van der Waals surface area contributed by atoms with Gasteiger partial charge in [0, 0.05) is 19.2 Å². The molecule has 2 rings (SSSR count). The van der Waals surface area contributed by atoms with Crippen molar-refractivity contribution in [1.29, 1.82) is 0 Å². The van der Waals surface area contributed by atoms with Gasteiger partial charge in [0.15, 0.2) is 8.32 Å². The maximum absolute atomic E-state index is 12.5. The van der Waals surface area contributed by atoms with Crippen LogP contribution in [-0.4, -0.2) is 44.1 Å². The summed E-state index contributed by atoms with van der Waals surface area (Å²) in [5.41, 5.74) is 0.988. The van der Waals surface area contributed by atoms with Crippen molar-refractivity contribution in [3.63, 3.8) is 0 Å². The monoisotopic (exact) mass is 461 g/mol. The first kappa shape index (κ1) is 26.9. The van der Waals surface area contributed by atoms with Gasteiger partial charge >= 0.3 is 6.09 Å². The van der Waals surface area contributed by atoms with E-state index in [1.807, 2.05) is 25.7 Å². The Labute approximate surface area is 198 Å². The van der Waals surface area contributed by atoms with Gasteiger partial charge in [0.1, 0.15) is 5.60 Å². The fraction of sp³-hybridized carbons (Fsp3) is 0.741. The van der Waals surface area contributed by atoms with Crippen molar-refractivity contribution in [3.05, 3.63) is 35.9 Å². The number of ether oxygens (including phenoxy) is 1. The van der Waals surface area contributed by atoms with Crippen LogP contribution in [0.1, 0.15) is 79.2 Å². The smallest absolute Gasteiger partial charge is 0.410 e. The highest BCUT2D eigenvalue weighted by atomic mass is 28.4. The molecule has 1 heterocycles. The second-order valence-electron chi connectivity index (χ2n) is 10.4. The zero-order valence-electron chi connectivity index (χ0n) is 21.5. The molecule has 1 unspecified atom stereocenters. The molecule has 1 fully saturated rings. The maximum Gasteiger partial charge on any atom is 0.410 e. The lowest BCUT2D eigenvalue weighted by atomic mass is 9.88. The second kappa shape index (κ2) is 12.8. The number of nitrogens with zero attached hydrogens (tertiary/aromatic N) is 1. The average Bonchev–Trinajstić information content (AvgIpc) is 2.79. The molecule has 0 aromatic heterocycles. The molecule has 1 saturated heterocycles. The Morgan fingerprint density at radius 1 is 1.03 bits per heavy atom. The van der Waals surface area contributed by atoms with Crippen LogP contribution < -0.4 is 0 Å². The van der Waals surface area contributed by atoms with Crippen LogP contribution in [0.2, 0.25) is 18.1 Å². The van der Waals surface area contributed by atoms with Crippen molar-refractivity contribution in [2.45, 2.75) is 110 Å². The van der Waals surface area contributed by atoms with Gasteiger partial charge in [-0.15, -0.1) is 0 Å². The molecule has 32 heavy (non-hydrogen) atoms. The molecule has 0 aliphatic carbocycles. The van der Waals surface area contributed by atoms with Crippen LogP contribution in [0.4, 0.5) is 4.79 Å². The Morgan fingerprint density at radius 3 is 2.16 bits per heavy atom. The predicted octanol–water partition coefficient (Wildman–Crippen LogP) is 7.44. The van der Waals surface area contributed by atoms with E-state index in [1.54, 1.807) is 0 Å². The van der Waals surface area contributed by atoms with E-state index in [1.165, 1.54) is 36.5 Å². The lowest BCUT2D eigenvalue weighted by Gasteiger charge is -2.41. The molecule has 0 radical (unpaired) electrons. The van der Waals surface area contributed by atoms with Gasteiger partial charge in [-0.1, -0.05) is 57.5 Å². The van der Waals surface area contributed by atoms with E-state index < -0.39 is 13.9 Å². The van der Waals surface area contributed by atoms with Crippen LogP contribution in [0.25, 0.3) is 0 Å². The molecule has 0 bridgehead atoms. The summed E-state index contributed by atoms with van der Waals surface area (Å²) < 4.78 is 12.6. The summed E-state index contributed by atoms with van der Waals surface area (Å²) in [5.74, 6) is 0.543. The minimum absolute atomic E-state index is 0.171. The van der Waals surface area contributed by atoms with Gasteiger partial charge in [-0.25, -0.2) is 4.79 Å². The standard InChI is InChI=1S/C27H47NO3Si/c1-7-32(8-2,9-3)31-25(18-14-13-17-23-15-11-10-12-16-23)24-19-21-28(22-20-24)26(29)30-27(4,5)6/h10-12,15-16,24-25H,7-9,13-14,17-22H2,1-6H3. The van der Waals surface area contributed by atoms with Crippen LogP contribution in [0.3, 0.4) is 0 Å². The molecule has 1 aliphatic rings. The number of hydrogen-bond acceptors (Lipinski definition) is 3. The average molecular weight is 462 g/mol. The molecule has 5 heteroatoms. The Hall–Kier alpha value is -1.33. The van der Waals surface area contributed by atoms with Gasteiger partial charge in [-0.05, 0) is 82.5 Å². The highest BCUT2D eigenvalue weighted by Gasteiger charge is 2.37. The van der Waals surface area contributed by atoms with Crippen LogP contribution >= 0.6 is 0 Å². The summed E-state index contributed by atoms with van der Waals surface area (Å²) >= 11 is 0. The van der Waals surface area contributed by atoms with E-state index in [0.717, 1.165) is 38.8 Å². The van der Waals surface area contributed by atoms with E-state index >= 15 is 0 Å². The number of amides is 1. The van der Waals surface area contributed by atoms with Crippen molar-refractivity contribution in [2.24, 2.45) is 5.92 Å². The zero-order valence-corrected chi connectivity index (χ0v) is 22.5. The first-order valence-electron chi connectivity index (χ1n) is 12.9. The number of rotatable bonds is 11. The van der Waals surface area contributed by atoms with Crippen molar-refractivity contribution in [2.75, 3.05) is 13.1 Å². The largest absolute Gasteiger partial charge is 0.444 e. The van der Waals surface area contributed by atoms with Gasteiger partial charge in [-0.2, -0.15) is 0 Å². The van der Waals surface area contributed by atoms with Gasteiger partial charge in [0.2, 0.25) is 0 Å². The number of likely N-dealkylation sites (tertiary alicyclic amines) is 1. The lowest BCUT2D eigenvalue weighted by molar-refractivity contribution is 0.00857. The molecule has 0 N–H and O–H groups in total. The molecule has 1 aromatic rings. The van der Waals surface area contributed by atoms with Crippen LogP contribution in [0, 0.1) is 5.92 Å². The topological polar surface area (TPSA) is 38.8 Å². The van der Waals surface area contributed by atoms with Gasteiger partial charge < -0.3 is 14.1 Å². The Balaban J connectivity index is 1.95. The third-order valence-electron chi connectivity index (χ3n) is 7.10. The van der Waals surface area contributed by atoms with Crippen LogP contribution in [0.5, 0.6) is 0 Å². The molecule has 1 atom stereocenters. The van der Waals surface area contributed by atoms with E-state index in [9.17, 15) is 4.79 Å². The first-order chi connectivity index (χ1) is 15.2. The minimum atomic E-state index is -1.66. The van der Waals surface area contributed by atoms with Crippen LogP contribution in [0.15, 0.2) is 30.3 Å². The Morgan fingerprint density at radius 2 is 1.62 bits per heavy atom. The third kappa shape index (κ3) is 8.55. The second-order valence-corrected chi connectivity index (χ2v) is 15.2. The third-order valence-corrected chi connectivity index (χ3v) is 11.8. The lowest BCUT2D eigenvalue weighted by Crippen LogP contribution is -2.47. The van der Waals surface area contributed by atoms with Gasteiger partial charge in [0.05, 0.1) is 0 Å². The number of benzene rings is 1. The molecular weight excluding hydrogens is 414 g/mol. The normalized spacial score (nSPS) is 16.8. The molecule has 0 saturated carbocycles. The number of carbonyl (C=O) groups excluding carboxylic acids is 1. The van der Waals surface area contributed by atoms with Crippen molar-refractivity contribution < 1.29 is 14.0 Å². The first-order valence-corrected chi connectivity index (χ1v) is 15.4.